The van der Waals surface area contributed by atoms with Gasteiger partial charge in [0, 0.05) is 18.7 Å². The van der Waals surface area contributed by atoms with Gasteiger partial charge in [0.25, 0.3) is 0 Å². The topological polar surface area (TPSA) is 49.6 Å². The normalized spacial score (nSPS) is 25.4. The Morgan fingerprint density at radius 2 is 1.93 bits per heavy atom. The highest BCUT2D eigenvalue weighted by Crippen LogP contribution is 2.48. The van der Waals surface area contributed by atoms with Crippen LogP contribution in [0.4, 0.5) is 0 Å². The van der Waals surface area contributed by atoms with Gasteiger partial charge in [0.05, 0.1) is 18.2 Å². The Hall–Kier alpha value is -2.14. The first-order valence-corrected chi connectivity index (χ1v) is 10.6. The lowest BCUT2D eigenvalue weighted by Gasteiger charge is -2.50. The second kappa shape index (κ2) is 7.03. The molecule has 2 aliphatic heterocycles. The average Bonchev–Trinajstić information content (AvgIpc) is 3.48. The van der Waals surface area contributed by atoms with Gasteiger partial charge in [-0.15, -0.1) is 0 Å². The fourth-order valence-electron chi connectivity index (χ4n) is 5.12. The van der Waals surface area contributed by atoms with Gasteiger partial charge in [0.15, 0.2) is 5.76 Å². The maximum atomic E-state index is 13.2. The molecule has 5 nitrogen and oxygen atoms in total. The molecule has 5 rings (SSSR count). The van der Waals surface area contributed by atoms with Gasteiger partial charge in [-0.3, -0.25) is 9.69 Å². The first-order valence-electron chi connectivity index (χ1n) is 10.6. The summed E-state index contributed by atoms with van der Waals surface area (Å²) < 4.78 is 5.41. The van der Waals surface area contributed by atoms with Gasteiger partial charge >= 0.3 is 0 Å². The first-order chi connectivity index (χ1) is 13.6. The molecule has 1 unspecified atom stereocenters. The number of hydrogen-bond donors (Lipinski definition) is 0. The number of benzene rings is 1. The van der Waals surface area contributed by atoms with Crippen molar-refractivity contribution >= 4 is 5.91 Å². The monoisotopic (exact) mass is 379 g/mol. The van der Waals surface area contributed by atoms with Gasteiger partial charge in [-0.25, -0.2) is 0 Å². The van der Waals surface area contributed by atoms with E-state index >= 15 is 0 Å². The van der Waals surface area contributed by atoms with E-state index in [1.165, 1.54) is 18.4 Å². The van der Waals surface area contributed by atoms with Crippen LogP contribution in [-0.2, 0) is 11.3 Å². The number of nitrogens with zero attached hydrogens (tertiary/aromatic N) is 3. The summed E-state index contributed by atoms with van der Waals surface area (Å²) in [5.74, 6) is 1.34. The van der Waals surface area contributed by atoms with E-state index < -0.39 is 0 Å². The van der Waals surface area contributed by atoms with Crippen LogP contribution in [0.25, 0.3) is 0 Å². The number of aryl methyl sites for hydroxylation is 1. The summed E-state index contributed by atoms with van der Waals surface area (Å²) in [5, 5.41) is 4.01. The third-order valence-electron chi connectivity index (χ3n) is 6.89. The Balaban J connectivity index is 1.32. The summed E-state index contributed by atoms with van der Waals surface area (Å²) in [6.45, 7) is 5.88. The molecule has 1 amide bonds. The van der Waals surface area contributed by atoms with Gasteiger partial charge in [0.1, 0.15) is 0 Å². The quantitative estimate of drug-likeness (QED) is 0.812. The molecule has 0 N–H and O–H groups in total. The minimum atomic E-state index is 0.0269. The number of aromatic nitrogens is 1. The number of hydrogen-bond acceptors (Lipinski definition) is 4. The van der Waals surface area contributed by atoms with Crippen LogP contribution < -0.4 is 0 Å². The third-order valence-corrected chi connectivity index (χ3v) is 6.89. The SMILES string of the molecule is Cc1cc(CN2CCC3(CC2)CC(c2ccccc2)C(=O)N(C2CC2)C3)on1. The number of carbonyl (C=O) groups excluding carboxylic acids is 1. The highest BCUT2D eigenvalue weighted by molar-refractivity contribution is 5.85. The highest BCUT2D eigenvalue weighted by atomic mass is 16.5. The Morgan fingerprint density at radius 3 is 2.57 bits per heavy atom. The van der Waals surface area contributed by atoms with E-state index in [4.69, 9.17) is 4.52 Å². The summed E-state index contributed by atoms with van der Waals surface area (Å²) in [5.41, 5.74) is 2.39. The molecule has 5 heteroatoms. The molecule has 2 aromatic rings. The lowest BCUT2D eigenvalue weighted by molar-refractivity contribution is -0.142. The van der Waals surface area contributed by atoms with Crippen LogP contribution in [0.3, 0.4) is 0 Å². The predicted octanol–water partition coefficient (Wildman–Crippen LogP) is 3.74. The van der Waals surface area contributed by atoms with E-state index in [2.05, 4.69) is 39.2 Å². The van der Waals surface area contributed by atoms with Crippen molar-refractivity contribution in [2.45, 2.75) is 57.5 Å². The Kier molecular flexibility index (Phi) is 4.50. The molecular weight excluding hydrogens is 350 g/mol. The standard InChI is InChI=1S/C23H29N3O2/c1-17-13-20(28-24-17)15-25-11-9-23(10-12-25)14-21(18-5-3-2-4-6-18)22(27)26(16-23)19-7-8-19/h2-6,13,19,21H,7-12,14-16H2,1H3. The van der Waals surface area contributed by atoms with E-state index in [0.29, 0.717) is 11.9 Å². The van der Waals surface area contributed by atoms with Gasteiger partial charge in [-0.05, 0) is 63.1 Å². The second-order valence-corrected chi connectivity index (χ2v) is 9.08. The summed E-state index contributed by atoms with van der Waals surface area (Å²) in [7, 11) is 0. The van der Waals surface area contributed by atoms with E-state index in [9.17, 15) is 4.79 Å². The van der Waals surface area contributed by atoms with Crippen molar-refractivity contribution in [1.82, 2.24) is 15.0 Å². The molecule has 0 bridgehead atoms. The number of rotatable bonds is 4. The van der Waals surface area contributed by atoms with Crippen molar-refractivity contribution in [2.75, 3.05) is 19.6 Å². The summed E-state index contributed by atoms with van der Waals surface area (Å²) in [4.78, 5) is 17.9. The second-order valence-electron chi connectivity index (χ2n) is 9.08. The molecule has 2 saturated heterocycles. The largest absolute Gasteiger partial charge is 0.360 e. The number of likely N-dealkylation sites (tertiary alicyclic amines) is 2. The maximum Gasteiger partial charge on any atom is 0.230 e. The first kappa shape index (κ1) is 17.9. The minimum Gasteiger partial charge on any atom is -0.360 e. The van der Waals surface area contributed by atoms with Crippen LogP contribution in [0.15, 0.2) is 40.9 Å². The van der Waals surface area contributed by atoms with Crippen molar-refractivity contribution in [3.63, 3.8) is 0 Å². The van der Waals surface area contributed by atoms with Crippen molar-refractivity contribution in [2.24, 2.45) is 5.41 Å². The third kappa shape index (κ3) is 3.48. The minimum absolute atomic E-state index is 0.0269. The van der Waals surface area contributed by atoms with E-state index in [1.807, 2.05) is 19.1 Å². The molecule has 3 aliphatic rings. The molecule has 0 radical (unpaired) electrons. The number of amides is 1. The highest BCUT2D eigenvalue weighted by Gasteiger charge is 2.49. The molecule has 1 aromatic heterocycles. The van der Waals surface area contributed by atoms with Crippen LogP contribution in [-0.4, -0.2) is 46.5 Å². The Bertz CT molecular complexity index is 835. The molecule has 1 spiro atoms. The molecule has 1 aromatic carbocycles. The Morgan fingerprint density at radius 1 is 1.18 bits per heavy atom. The lowest BCUT2D eigenvalue weighted by Crippen LogP contribution is -2.54. The molecule has 1 atom stereocenters. The molecule has 3 heterocycles. The summed E-state index contributed by atoms with van der Waals surface area (Å²) in [6, 6.07) is 13.0. The number of carbonyl (C=O) groups is 1. The van der Waals surface area contributed by atoms with Gasteiger partial charge < -0.3 is 9.42 Å². The lowest BCUT2D eigenvalue weighted by atomic mass is 9.67. The van der Waals surface area contributed by atoms with Gasteiger partial charge in [0.2, 0.25) is 5.91 Å². The summed E-state index contributed by atoms with van der Waals surface area (Å²) >= 11 is 0. The fourth-order valence-corrected chi connectivity index (χ4v) is 5.12. The zero-order chi connectivity index (χ0) is 19.1. The zero-order valence-corrected chi connectivity index (χ0v) is 16.6. The Labute approximate surface area is 166 Å². The van der Waals surface area contributed by atoms with Crippen molar-refractivity contribution in [3.05, 3.63) is 53.4 Å². The molecular formula is C23H29N3O2. The molecule has 1 aliphatic carbocycles. The molecule has 3 fully saturated rings. The van der Waals surface area contributed by atoms with Crippen LogP contribution in [0.5, 0.6) is 0 Å². The molecule has 1 saturated carbocycles. The molecule has 148 valence electrons. The predicted molar refractivity (Wildman–Crippen MR) is 107 cm³/mol. The van der Waals surface area contributed by atoms with Crippen molar-refractivity contribution < 1.29 is 9.32 Å². The summed E-state index contributed by atoms with van der Waals surface area (Å²) in [6.07, 6.45) is 5.66. The van der Waals surface area contributed by atoms with Crippen LogP contribution >= 0.6 is 0 Å². The maximum absolute atomic E-state index is 13.2. The smallest absolute Gasteiger partial charge is 0.230 e. The van der Waals surface area contributed by atoms with Crippen LogP contribution in [0.1, 0.15) is 55.0 Å². The van der Waals surface area contributed by atoms with Crippen LogP contribution in [0.2, 0.25) is 0 Å². The van der Waals surface area contributed by atoms with Crippen molar-refractivity contribution in [3.8, 4) is 0 Å². The van der Waals surface area contributed by atoms with Crippen molar-refractivity contribution in [1.29, 1.82) is 0 Å². The van der Waals surface area contributed by atoms with E-state index in [-0.39, 0.29) is 11.3 Å². The fraction of sp³-hybridized carbons (Fsp3) is 0.565. The number of piperidine rings is 2. The van der Waals surface area contributed by atoms with Gasteiger partial charge in [-0.1, -0.05) is 35.5 Å². The molecule has 28 heavy (non-hydrogen) atoms. The van der Waals surface area contributed by atoms with E-state index in [0.717, 1.165) is 56.9 Å². The van der Waals surface area contributed by atoms with Crippen LogP contribution in [0, 0.1) is 12.3 Å². The van der Waals surface area contributed by atoms with E-state index in [1.54, 1.807) is 0 Å². The average molecular weight is 380 g/mol. The zero-order valence-electron chi connectivity index (χ0n) is 16.6. The van der Waals surface area contributed by atoms with Gasteiger partial charge in [-0.2, -0.15) is 0 Å².